The molecule has 4 rings (SSSR count). The Hall–Kier alpha value is -3.16. The SMILES string of the molecule is Cc1c(CN2CC(=O)N(CC(C)C)C[C@@H](OCc3ccccc3)C2)c(=O)n(-c2ccccc2)n1C. The number of carbonyl (C=O) groups is 1. The number of carbonyl (C=O) groups excluding carboxylic acids is 1. The summed E-state index contributed by atoms with van der Waals surface area (Å²) in [7, 11) is 1.90. The minimum absolute atomic E-state index is 0.0475. The molecule has 1 saturated heterocycles. The molecular weight excluding hydrogens is 440 g/mol. The van der Waals surface area contributed by atoms with Crippen LogP contribution in [0.4, 0.5) is 0 Å². The van der Waals surface area contributed by atoms with E-state index >= 15 is 0 Å². The highest BCUT2D eigenvalue weighted by molar-refractivity contribution is 5.78. The fourth-order valence-electron chi connectivity index (χ4n) is 4.71. The monoisotopic (exact) mass is 476 g/mol. The van der Waals surface area contributed by atoms with Gasteiger partial charge in [0, 0.05) is 38.9 Å². The number of amides is 1. The predicted molar refractivity (Wildman–Crippen MR) is 137 cm³/mol. The number of ether oxygens (including phenoxy) is 1. The first-order valence-corrected chi connectivity index (χ1v) is 12.3. The van der Waals surface area contributed by atoms with E-state index in [2.05, 4.69) is 18.7 Å². The Labute approximate surface area is 207 Å². The fraction of sp³-hybridized carbons (Fsp3) is 0.429. The van der Waals surface area contributed by atoms with Gasteiger partial charge in [-0.15, -0.1) is 0 Å². The maximum Gasteiger partial charge on any atom is 0.276 e. The van der Waals surface area contributed by atoms with Gasteiger partial charge >= 0.3 is 0 Å². The zero-order valence-corrected chi connectivity index (χ0v) is 21.2. The van der Waals surface area contributed by atoms with Crippen molar-refractivity contribution < 1.29 is 9.53 Å². The smallest absolute Gasteiger partial charge is 0.276 e. The zero-order valence-electron chi connectivity index (χ0n) is 21.2. The first-order chi connectivity index (χ1) is 16.8. The summed E-state index contributed by atoms with van der Waals surface area (Å²) in [5.41, 5.74) is 3.50. The van der Waals surface area contributed by atoms with Crippen LogP contribution >= 0.6 is 0 Å². The first kappa shape index (κ1) is 24.9. The van der Waals surface area contributed by atoms with E-state index < -0.39 is 0 Å². The van der Waals surface area contributed by atoms with Crippen LogP contribution in [0.3, 0.4) is 0 Å². The maximum absolute atomic E-state index is 13.4. The predicted octanol–water partition coefficient (Wildman–Crippen LogP) is 3.37. The molecule has 0 spiro atoms. The van der Waals surface area contributed by atoms with Crippen molar-refractivity contribution in [3.05, 3.63) is 87.8 Å². The van der Waals surface area contributed by atoms with Crippen LogP contribution in [0.15, 0.2) is 65.5 Å². The Morgan fingerprint density at radius 3 is 2.29 bits per heavy atom. The lowest BCUT2D eigenvalue weighted by atomic mass is 10.2. The van der Waals surface area contributed by atoms with Gasteiger partial charge in [0.25, 0.3) is 5.56 Å². The van der Waals surface area contributed by atoms with E-state index in [4.69, 9.17) is 4.74 Å². The van der Waals surface area contributed by atoms with Crippen LogP contribution in [-0.4, -0.2) is 57.4 Å². The average molecular weight is 477 g/mol. The van der Waals surface area contributed by atoms with Crippen molar-refractivity contribution in [2.45, 2.75) is 40.0 Å². The molecule has 0 unspecified atom stereocenters. The van der Waals surface area contributed by atoms with Crippen LogP contribution in [0.5, 0.6) is 0 Å². The third kappa shape index (κ3) is 5.92. The summed E-state index contributed by atoms with van der Waals surface area (Å²) in [4.78, 5) is 30.6. The third-order valence-corrected chi connectivity index (χ3v) is 6.57. The first-order valence-electron chi connectivity index (χ1n) is 12.3. The van der Waals surface area contributed by atoms with E-state index in [0.717, 1.165) is 16.9 Å². The molecule has 1 aliphatic heterocycles. The molecule has 1 aliphatic rings. The van der Waals surface area contributed by atoms with Gasteiger partial charge in [0.05, 0.1) is 30.5 Å². The lowest BCUT2D eigenvalue weighted by molar-refractivity contribution is -0.132. The standard InChI is InChI=1S/C28H36N4O3/c1-21(2)15-31-17-25(35-20-23-11-7-5-8-12-23)16-30(19-27(31)33)18-26-22(3)29(4)32(28(26)34)24-13-9-6-10-14-24/h5-14,21,25H,15-20H2,1-4H3/t25-/m0/s1. The van der Waals surface area contributed by atoms with Crippen molar-refractivity contribution in [2.24, 2.45) is 13.0 Å². The van der Waals surface area contributed by atoms with E-state index in [1.807, 2.05) is 84.2 Å². The second-order valence-electron chi connectivity index (χ2n) is 9.82. The largest absolute Gasteiger partial charge is 0.370 e. The van der Waals surface area contributed by atoms with Crippen LogP contribution in [0.2, 0.25) is 0 Å². The van der Waals surface area contributed by atoms with Crippen LogP contribution < -0.4 is 5.56 Å². The lowest BCUT2D eigenvalue weighted by Gasteiger charge is -2.26. The van der Waals surface area contributed by atoms with Gasteiger partial charge in [-0.3, -0.25) is 19.2 Å². The van der Waals surface area contributed by atoms with E-state index in [1.54, 1.807) is 4.68 Å². The van der Waals surface area contributed by atoms with E-state index in [1.165, 1.54) is 0 Å². The maximum atomic E-state index is 13.4. The fourth-order valence-corrected chi connectivity index (χ4v) is 4.71. The number of hydrogen-bond donors (Lipinski definition) is 0. The van der Waals surface area contributed by atoms with E-state index in [0.29, 0.717) is 44.3 Å². The van der Waals surface area contributed by atoms with Gasteiger partial charge in [-0.1, -0.05) is 62.4 Å². The Balaban J connectivity index is 1.57. The second kappa shape index (κ2) is 11.1. The minimum Gasteiger partial charge on any atom is -0.370 e. The summed E-state index contributed by atoms with van der Waals surface area (Å²) in [5.74, 6) is 0.455. The van der Waals surface area contributed by atoms with Gasteiger partial charge in [0.2, 0.25) is 5.91 Å². The number of benzene rings is 2. The Morgan fingerprint density at radius 1 is 0.971 bits per heavy atom. The second-order valence-corrected chi connectivity index (χ2v) is 9.82. The molecule has 0 saturated carbocycles. The molecule has 1 fully saturated rings. The lowest BCUT2D eigenvalue weighted by Crippen LogP contribution is -2.40. The number of para-hydroxylation sites is 1. The van der Waals surface area contributed by atoms with Gasteiger partial charge in [-0.2, -0.15) is 0 Å². The molecule has 0 radical (unpaired) electrons. The van der Waals surface area contributed by atoms with Gasteiger partial charge in [0.1, 0.15) is 0 Å². The summed E-state index contributed by atoms with van der Waals surface area (Å²) in [6.07, 6.45) is -0.138. The highest BCUT2D eigenvalue weighted by atomic mass is 16.5. The number of aromatic nitrogens is 2. The number of rotatable bonds is 8. The van der Waals surface area contributed by atoms with Crippen LogP contribution in [0.25, 0.3) is 5.69 Å². The Morgan fingerprint density at radius 2 is 1.63 bits per heavy atom. The molecule has 2 aromatic carbocycles. The zero-order chi connectivity index (χ0) is 24.9. The molecule has 0 bridgehead atoms. The quantitative estimate of drug-likeness (QED) is 0.500. The van der Waals surface area contributed by atoms with Crippen molar-refractivity contribution in [3.8, 4) is 5.69 Å². The molecule has 7 nitrogen and oxygen atoms in total. The summed E-state index contributed by atoms with van der Waals surface area (Å²) in [6, 6.07) is 19.7. The molecule has 2 heterocycles. The summed E-state index contributed by atoms with van der Waals surface area (Å²) >= 11 is 0. The average Bonchev–Trinajstić information content (AvgIpc) is 2.96. The van der Waals surface area contributed by atoms with Crippen molar-refractivity contribution in [2.75, 3.05) is 26.2 Å². The third-order valence-electron chi connectivity index (χ3n) is 6.57. The molecule has 0 aliphatic carbocycles. The summed E-state index contributed by atoms with van der Waals surface area (Å²) in [6.45, 7) is 9.22. The number of nitrogens with zero attached hydrogens (tertiary/aromatic N) is 4. The molecule has 0 N–H and O–H groups in total. The molecule has 186 valence electrons. The van der Waals surface area contributed by atoms with Gasteiger partial charge < -0.3 is 9.64 Å². The van der Waals surface area contributed by atoms with Gasteiger partial charge in [-0.05, 0) is 30.5 Å². The number of hydrogen-bond acceptors (Lipinski definition) is 4. The Kier molecular flexibility index (Phi) is 7.88. The summed E-state index contributed by atoms with van der Waals surface area (Å²) < 4.78 is 9.89. The topological polar surface area (TPSA) is 59.7 Å². The Bertz CT molecular complexity index is 1180. The van der Waals surface area contributed by atoms with Crippen molar-refractivity contribution in [1.82, 2.24) is 19.2 Å². The molecule has 3 aromatic rings. The highest BCUT2D eigenvalue weighted by Crippen LogP contribution is 2.17. The molecule has 1 atom stereocenters. The van der Waals surface area contributed by atoms with Crippen molar-refractivity contribution in [3.63, 3.8) is 0 Å². The van der Waals surface area contributed by atoms with Gasteiger partial charge in [0.15, 0.2) is 0 Å². The van der Waals surface area contributed by atoms with E-state index in [-0.39, 0.29) is 24.1 Å². The molecule has 1 aromatic heterocycles. The normalized spacial score (nSPS) is 17.2. The molecular formula is C28H36N4O3. The van der Waals surface area contributed by atoms with Crippen LogP contribution in [0, 0.1) is 12.8 Å². The van der Waals surface area contributed by atoms with Crippen molar-refractivity contribution in [1.29, 1.82) is 0 Å². The molecule has 7 heteroatoms. The van der Waals surface area contributed by atoms with Gasteiger partial charge in [-0.25, -0.2) is 4.68 Å². The van der Waals surface area contributed by atoms with Crippen molar-refractivity contribution >= 4 is 5.91 Å². The van der Waals surface area contributed by atoms with Crippen LogP contribution in [0.1, 0.15) is 30.7 Å². The summed E-state index contributed by atoms with van der Waals surface area (Å²) in [5, 5.41) is 0. The molecule has 1 amide bonds. The molecule has 35 heavy (non-hydrogen) atoms. The van der Waals surface area contributed by atoms with Crippen LogP contribution in [-0.2, 0) is 29.7 Å². The highest BCUT2D eigenvalue weighted by Gasteiger charge is 2.30. The minimum atomic E-state index is -0.138. The van der Waals surface area contributed by atoms with E-state index in [9.17, 15) is 9.59 Å².